The first-order valence-corrected chi connectivity index (χ1v) is 11.9. The highest BCUT2D eigenvalue weighted by atomic mass is 16.5. The number of aryl methyl sites for hydroxylation is 2. The molecule has 0 unspecified atom stereocenters. The fourth-order valence-electron chi connectivity index (χ4n) is 3.81. The van der Waals surface area contributed by atoms with Gasteiger partial charge in [-0.25, -0.2) is 15.0 Å². The van der Waals surface area contributed by atoms with E-state index >= 15 is 0 Å². The van der Waals surface area contributed by atoms with E-state index in [1.54, 1.807) is 37.2 Å². The van der Waals surface area contributed by atoms with Gasteiger partial charge in [0.15, 0.2) is 0 Å². The maximum Gasteiger partial charge on any atom is 0.273 e. The molecule has 5 rings (SSSR count). The van der Waals surface area contributed by atoms with Crippen LogP contribution in [-0.2, 0) is 7.05 Å². The average molecular weight is 507 g/mol. The van der Waals surface area contributed by atoms with Crippen LogP contribution in [-0.4, -0.2) is 37.7 Å². The van der Waals surface area contributed by atoms with Crippen LogP contribution in [0.25, 0.3) is 11.3 Å². The van der Waals surface area contributed by atoms with Crippen LogP contribution in [0, 0.1) is 6.92 Å². The highest BCUT2D eigenvalue weighted by Crippen LogP contribution is 2.24. The van der Waals surface area contributed by atoms with Crippen molar-refractivity contribution in [1.82, 2.24) is 24.7 Å². The number of carbonyl (C=O) groups is 1. The number of rotatable bonds is 8. The normalized spacial score (nSPS) is 10.6. The van der Waals surface area contributed by atoms with Crippen molar-refractivity contribution in [2.75, 3.05) is 23.1 Å². The summed E-state index contributed by atoms with van der Waals surface area (Å²) >= 11 is 0. The van der Waals surface area contributed by atoms with Gasteiger partial charge in [0.2, 0.25) is 0 Å². The van der Waals surface area contributed by atoms with Crippen molar-refractivity contribution in [1.29, 1.82) is 0 Å². The van der Waals surface area contributed by atoms with Crippen molar-refractivity contribution in [3.63, 3.8) is 0 Å². The molecule has 0 saturated carbocycles. The zero-order valence-corrected chi connectivity index (χ0v) is 21.1. The number of nitrogens with zero attached hydrogens (tertiary/aromatic N) is 5. The van der Waals surface area contributed by atoms with E-state index in [4.69, 9.17) is 4.74 Å². The number of nitrogens with one attached hydrogen (secondary N) is 3. The molecule has 3 N–H and O–H groups in total. The van der Waals surface area contributed by atoms with Gasteiger partial charge < -0.3 is 20.7 Å². The van der Waals surface area contributed by atoms with Crippen molar-refractivity contribution >= 4 is 34.7 Å². The molecule has 0 spiro atoms. The van der Waals surface area contributed by atoms with E-state index in [1.165, 1.54) is 6.33 Å². The predicted octanol–water partition coefficient (Wildman–Crippen LogP) is 5.33. The Morgan fingerprint density at radius 1 is 0.842 bits per heavy atom. The Balaban J connectivity index is 1.23. The fraction of sp³-hybridized carbons (Fsp3) is 0.107. The number of hydrogen-bond donors (Lipinski definition) is 3. The summed E-state index contributed by atoms with van der Waals surface area (Å²) in [6.45, 7) is 2.00. The van der Waals surface area contributed by atoms with E-state index in [0.717, 1.165) is 22.6 Å². The van der Waals surface area contributed by atoms with Crippen LogP contribution in [0.1, 0.15) is 16.1 Å². The summed E-state index contributed by atoms with van der Waals surface area (Å²) in [4.78, 5) is 25.8. The lowest BCUT2D eigenvalue weighted by molar-refractivity contribution is 0.101. The minimum atomic E-state index is -0.258. The number of aromatic nitrogens is 5. The van der Waals surface area contributed by atoms with E-state index < -0.39 is 0 Å². The Hall–Kier alpha value is -5.25. The summed E-state index contributed by atoms with van der Waals surface area (Å²) in [6, 6.07) is 22.3. The maximum atomic E-state index is 12.9. The number of ether oxygens (including phenoxy) is 1. The molecule has 0 radical (unpaired) electrons. The number of hydrogen-bond acceptors (Lipinski definition) is 8. The summed E-state index contributed by atoms with van der Waals surface area (Å²) < 4.78 is 6.85. The summed E-state index contributed by atoms with van der Waals surface area (Å²) in [6.07, 6.45) is 3.22. The molecule has 0 aliphatic carbocycles. The second kappa shape index (κ2) is 10.8. The SMILES string of the molecule is COc1cccc(-c2cc(C(=O)Nc3ccc(Nc4cc(Nc5cc(C)ccn5)ncn4)cc3)n(C)n2)c1. The van der Waals surface area contributed by atoms with Crippen LogP contribution in [0.3, 0.4) is 0 Å². The van der Waals surface area contributed by atoms with Gasteiger partial charge in [-0.05, 0) is 67.1 Å². The Kier molecular flexibility index (Phi) is 6.94. The smallest absolute Gasteiger partial charge is 0.273 e. The first-order chi connectivity index (χ1) is 18.5. The highest BCUT2D eigenvalue weighted by molar-refractivity contribution is 6.03. The molecule has 2 aromatic carbocycles. The molecule has 5 aromatic rings. The molecule has 10 nitrogen and oxygen atoms in total. The highest BCUT2D eigenvalue weighted by Gasteiger charge is 2.15. The molecule has 0 saturated heterocycles. The van der Waals surface area contributed by atoms with E-state index in [-0.39, 0.29) is 5.91 Å². The lowest BCUT2D eigenvalue weighted by atomic mass is 10.1. The second-order valence-corrected chi connectivity index (χ2v) is 8.56. The lowest BCUT2D eigenvalue weighted by Crippen LogP contribution is -2.15. The molecular weight excluding hydrogens is 480 g/mol. The zero-order valence-electron chi connectivity index (χ0n) is 21.1. The van der Waals surface area contributed by atoms with Gasteiger partial charge in [-0.1, -0.05) is 12.1 Å². The van der Waals surface area contributed by atoms with Gasteiger partial charge in [0.25, 0.3) is 5.91 Å². The van der Waals surface area contributed by atoms with Gasteiger partial charge in [-0.15, -0.1) is 0 Å². The van der Waals surface area contributed by atoms with E-state index in [9.17, 15) is 4.79 Å². The van der Waals surface area contributed by atoms with Crippen molar-refractivity contribution in [3.8, 4) is 17.0 Å². The minimum Gasteiger partial charge on any atom is -0.497 e. The third kappa shape index (κ3) is 5.76. The quantitative estimate of drug-likeness (QED) is 0.258. The molecule has 3 heterocycles. The van der Waals surface area contributed by atoms with Gasteiger partial charge in [0.1, 0.15) is 35.2 Å². The van der Waals surface area contributed by atoms with Gasteiger partial charge in [0.05, 0.1) is 12.8 Å². The summed E-state index contributed by atoms with van der Waals surface area (Å²) in [5.74, 6) is 2.41. The molecule has 38 heavy (non-hydrogen) atoms. The lowest BCUT2D eigenvalue weighted by Gasteiger charge is -2.10. The topological polar surface area (TPSA) is 119 Å². The van der Waals surface area contributed by atoms with E-state index in [0.29, 0.717) is 34.5 Å². The molecule has 3 aromatic heterocycles. The monoisotopic (exact) mass is 506 g/mol. The minimum absolute atomic E-state index is 0.258. The van der Waals surface area contributed by atoms with E-state index in [1.807, 2.05) is 67.6 Å². The van der Waals surface area contributed by atoms with E-state index in [2.05, 4.69) is 36.0 Å². The standard InChI is InChI=1S/C28H26N8O2/c1-18-11-12-29-25(13-18)34-27-16-26(30-17-31-27)32-20-7-9-21(10-8-20)33-28(37)24-15-23(35-36(24)2)19-5-4-6-22(14-19)38-3/h4-17H,1-3H3,(H,33,37)(H2,29,30,31,32,34). The number of carbonyl (C=O) groups excluding carboxylic acids is 1. The third-order valence-electron chi connectivity index (χ3n) is 5.73. The number of methoxy groups -OCH3 is 1. The molecule has 0 aliphatic heterocycles. The molecule has 1 amide bonds. The van der Waals surface area contributed by atoms with Crippen LogP contribution < -0.4 is 20.7 Å². The van der Waals surface area contributed by atoms with Gasteiger partial charge in [-0.3, -0.25) is 9.48 Å². The fourth-order valence-corrected chi connectivity index (χ4v) is 3.81. The Bertz CT molecular complexity index is 1580. The van der Waals surface area contributed by atoms with Crippen LogP contribution in [0.15, 0.2) is 85.3 Å². The first kappa shape index (κ1) is 24.4. The first-order valence-electron chi connectivity index (χ1n) is 11.9. The van der Waals surface area contributed by atoms with Crippen LogP contribution in [0.5, 0.6) is 5.75 Å². The summed E-state index contributed by atoms with van der Waals surface area (Å²) in [5, 5.41) is 13.8. The second-order valence-electron chi connectivity index (χ2n) is 8.56. The molecule has 0 fully saturated rings. The molecule has 0 aliphatic rings. The van der Waals surface area contributed by atoms with Crippen molar-refractivity contribution in [2.24, 2.45) is 7.05 Å². The van der Waals surface area contributed by atoms with Crippen LogP contribution >= 0.6 is 0 Å². The Labute approximate surface area is 219 Å². The van der Waals surface area contributed by atoms with Crippen LogP contribution in [0.2, 0.25) is 0 Å². The van der Waals surface area contributed by atoms with Crippen LogP contribution in [0.4, 0.5) is 28.8 Å². The zero-order chi connectivity index (χ0) is 26.5. The predicted molar refractivity (Wildman–Crippen MR) is 147 cm³/mol. The van der Waals surface area contributed by atoms with Crippen molar-refractivity contribution in [2.45, 2.75) is 6.92 Å². The number of pyridine rings is 1. The van der Waals surface area contributed by atoms with Gasteiger partial charge in [0, 0.05) is 36.2 Å². The molecule has 0 bridgehead atoms. The molecular formula is C28H26N8O2. The molecule has 10 heteroatoms. The number of amides is 1. The Morgan fingerprint density at radius 2 is 1.58 bits per heavy atom. The maximum absolute atomic E-state index is 12.9. The van der Waals surface area contributed by atoms with Gasteiger partial charge in [-0.2, -0.15) is 5.10 Å². The summed E-state index contributed by atoms with van der Waals surface area (Å²) in [7, 11) is 3.36. The molecule has 0 atom stereocenters. The average Bonchev–Trinajstić information content (AvgIpc) is 3.32. The third-order valence-corrected chi connectivity index (χ3v) is 5.73. The van der Waals surface area contributed by atoms with Gasteiger partial charge >= 0.3 is 0 Å². The number of benzene rings is 2. The van der Waals surface area contributed by atoms with Crippen molar-refractivity contribution in [3.05, 3.63) is 96.6 Å². The Morgan fingerprint density at radius 3 is 2.34 bits per heavy atom. The summed E-state index contributed by atoms with van der Waals surface area (Å²) in [5.41, 5.74) is 4.56. The number of anilines is 5. The molecule has 190 valence electrons. The largest absolute Gasteiger partial charge is 0.497 e. The van der Waals surface area contributed by atoms with Crippen molar-refractivity contribution < 1.29 is 9.53 Å².